The topological polar surface area (TPSA) is 61.9 Å². The third-order valence-electron chi connectivity index (χ3n) is 5.65. The number of ether oxygens (including phenoxy) is 1. The van der Waals surface area contributed by atoms with Crippen LogP contribution in [0.3, 0.4) is 0 Å². The number of carbonyl (C=O) groups excluding carboxylic acids is 2. The molecule has 1 aliphatic rings. The lowest BCUT2D eigenvalue weighted by atomic mass is 10.0. The molecular formula is C24H31N3O3. The Labute approximate surface area is 178 Å². The molecule has 2 amide bonds. The standard InChI is InChI=1S/C24H31N3O3/c1-18-7-4-5-10-22(18)24(29)25-20-11-13-27(14-12-20)17-23(28)26(2)16-19-8-6-9-21(15-19)30-3/h4-10,15,20H,11-14,16-17H2,1-3H3,(H,25,29). The molecule has 3 rings (SSSR count). The molecule has 0 atom stereocenters. The van der Waals surface area contributed by atoms with E-state index in [-0.39, 0.29) is 17.9 Å². The van der Waals surface area contributed by atoms with Gasteiger partial charge in [0.25, 0.3) is 5.91 Å². The second-order valence-corrected chi connectivity index (χ2v) is 7.94. The maximum Gasteiger partial charge on any atom is 0.251 e. The van der Waals surface area contributed by atoms with Crippen molar-refractivity contribution in [2.45, 2.75) is 32.4 Å². The predicted molar refractivity (Wildman–Crippen MR) is 118 cm³/mol. The van der Waals surface area contributed by atoms with Gasteiger partial charge in [0.15, 0.2) is 0 Å². The summed E-state index contributed by atoms with van der Waals surface area (Å²) in [5, 5.41) is 3.14. The molecule has 160 valence electrons. The lowest BCUT2D eigenvalue weighted by Gasteiger charge is -2.33. The number of benzene rings is 2. The molecule has 0 aromatic heterocycles. The van der Waals surface area contributed by atoms with Gasteiger partial charge in [0, 0.05) is 38.3 Å². The van der Waals surface area contributed by atoms with E-state index in [0.717, 1.165) is 48.4 Å². The average molecular weight is 410 g/mol. The van der Waals surface area contributed by atoms with Crippen molar-refractivity contribution in [2.75, 3.05) is 33.8 Å². The Bertz CT molecular complexity index is 876. The fourth-order valence-corrected chi connectivity index (χ4v) is 3.77. The number of aryl methyl sites for hydroxylation is 1. The molecule has 1 N–H and O–H groups in total. The number of amides is 2. The van der Waals surface area contributed by atoms with Crippen LogP contribution < -0.4 is 10.1 Å². The fourth-order valence-electron chi connectivity index (χ4n) is 3.77. The van der Waals surface area contributed by atoms with E-state index in [1.165, 1.54) is 0 Å². The summed E-state index contributed by atoms with van der Waals surface area (Å²) in [7, 11) is 3.47. The molecular weight excluding hydrogens is 378 g/mol. The second kappa shape index (κ2) is 10.3. The number of nitrogens with zero attached hydrogens (tertiary/aromatic N) is 2. The Morgan fingerprint density at radius 3 is 2.57 bits per heavy atom. The Hall–Kier alpha value is -2.86. The molecule has 0 radical (unpaired) electrons. The van der Waals surface area contributed by atoms with E-state index in [4.69, 9.17) is 4.74 Å². The summed E-state index contributed by atoms with van der Waals surface area (Å²) in [6.07, 6.45) is 1.70. The minimum Gasteiger partial charge on any atom is -0.497 e. The highest BCUT2D eigenvalue weighted by atomic mass is 16.5. The first kappa shape index (κ1) is 21.8. The number of methoxy groups -OCH3 is 1. The molecule has 0 aliphatic carbocycles. The van der Waals surface area contributed by atoms with Gasteiger partial charge in [-0.3, -0.25) is 14.5 Å². The first-order valence-electron chi connectivity index (χ1n) is 10.4. The molecule has 6 nitrogen and oxygen atoms in total. The molecule has 1 aliphatic heterocycles. The number of hydrogen-bond acceptors (Lipinski definition) is 4. The van der Waals surface area contributed by atoms with Crippen LogP contribution in [0.15, 0.2) is 48.5 Å². The third kappa shape index (κ3) is 5.83. The Kier molecular flexibility index (Phi) is 7.46. The SMILES string of the molecule is COc1cccc(CN(C)C(=O)CN2CCC(NC(=O)c3ccccc3C)CC2)c1. The normalized spacial score (nSPS) is 14.9. The fraction of sp³-hybridized carbons (Fsp3) is 0.417. The number of nitrogens with one attached hydrogen (secondary N) is 1. The third-order valence-corrected chi connectivity index (χ3v) is 5.65. The largest absolute Gasteiger partial charge is 0.497 e. The van der Waals surface area contributed by atoms with Crippen LogP contribution in [0.2, 0.25) is 0 Å². The van der Waals surface area contributed by atoms with Crippen molar-refractivity contribution in [3.05, 3.63) is 65.2 Å². The van der Waals surface area contributed by atoms with Crippen molar-refractivity contribution in [3.63, 3.8) is 0 Å². The number of likely N-dealkylation sites (N-methyl/N-ethyl adjacent to an activating group) is 1. The Balaban J connectivity index is 1.44. The molecule has 0 saturated carbocycles. The first-order valence-corrected chi connectivity index (χ1v) is 10.4. The van der Waals surface area contributed by atoms with Crippen LogP contribution in [0.1, 0.15) is 34.3 Å². The van der Waals surface area contributed by atoms with Crippen molar-refractivity contribution in [3.8, 4) is 5.75 Å². The van der Waals surface area contributed by atoms with Gasteiger partial charge in [0.05, 0.1) is 13.7 Å². The summed E-state index contributed by atoms with van der Waals surface area (Å²) < 4.78 is 5.25. The highest BCUT2D eigenvalue weighted by Gasteiger charge is 2.23. The van der Waals surface area contributed by atoms with E-state index >= 15 is 0 Å². The van der Waals surface area contributed by atoms with Gasteiger partial charge in [-0.1, -0.05) is 30.3 Å². The molecule has 1 saturated heterocycles. The zero-order valence-electron chi connectivity index (χ0n) is 18.1. The van der Waals surface area contributed by atoms with Crippen LogP contribution in [0.25, 0.3) is 0 Å². The molecule has 1 fully saturated rings. The van der Waals surface area contributed by atoms with Crippen molar-refractivity contribution in [1.82, 2.24) is 15.1 Å². The monoisotopic (exact) mass is 409 g/mol. The summed E-state index contributed by atoms with van der Waals surface area (Å²) in [4.78, 5) is 29.1. The van der Waals surface area contributed by atoms with Gasteiger partial charge in [-0.2, -0.15) is 0 Å². The van der Waals surface area contributed by atoms with Gasteiger partial charge in [0.1, 0.15) is 5.75 Å². The van der Waals surface area contributed by atoms with E-state index in [1.54, 1.807) is 12.0 Å². The van der Waals surface area contributed by atoms with Crippen LogP contribution >= 0.6 is 0 Å². The predicted octanol–water partition coefficient (Wildman–Crippen LogP) is 2.86. The quantitative estimate of drug-likeness (QED) is 0.764. The van der Waals surface area contributed by atoms with Crippen molar-refractivity contribution >= 4 is 11.8 Å². The van der Waals surface area contributed by atoms with Crippen LogP contribution in [0, 0.1) is 6.92 Å². The average Bonchev–Trinajstić information content (AvgIpc) is 2.75. The van der Waals surface area contributed by atoms with Gasteiger partial charge in [-0.25, -0.2) is 0 Å². The lowest BCUT2D eigenvalue weighted by molar-refractivity contribution is -0.131. The molecule has 2 aromatic carbocycles. The van der Waals surface area contributed by atoms with Gasteiger partial charge in [-0.15, -0.1) is 0 Å². The van der Waals surface area contributed by atoms with Crippen LogP contribution in [-0.2, 0) is 11.3 Å². The lowest BCUT2D eigenvalue weighted by Crippen LogP contribution is -2.47. The number of likely N-dealkylation sites (tertiary alicyclic amines) is 1. The van der Waals surface area contributed by atoms with Crippen LogP contribution in [-0.4, -0.2) is 61.4 Å². The molecule has 1 heterocycles. The van der Waals surface area contributed by atoms with E-state index in [9.17, 15) is 9.59 Å². The summed E-state index contributed by atoms with van der Waals surface area (Å²) in [6.45, 7) is 4.51. The summed E-state index contributed by atoms with van der Waals surface area (Å²) >= 11 is 0. The Morgan fingerprint density at radius 2 is 1.87 bits per heavy atom. The van der Waals surface area contributed by atoms with E-state index in [2.05, 4.69) is 10.2 Å². The zero-order chi connectivity index (χ0) is 21.5. The van der Waals surface area contributed by atoms with Gasteiger partial charge in [-0.05, 0) is 49.1 Å². The van der Waals surface area contributed by atoms with E-state index in [1.807, 2.05) is 62.5 Å². The smallest absolute Gasteiger partial charge is 0.251 e. The maximum atomic E-state index is 12.6. The van der Waals surface area contributed by atoms with E-state index in [0.29, 0.717) is 13.1 Å². The summed E-state index contributed by atoms with van der Waals surface area (Å²) in [5.74, 6) is 0.879. The van der Waals surface area contributed by atoms with Gasteiger partial charge < -0.3 is 15.0 Å². The Morgan fingerprint density at radius 1 is 1.13 bits per heavy atom. The minimum absolute atomic E-state index is 0.0133. The van der Waals surface area contributed by atoms with Crippen molar-refractivity contribution < 1.29 is 14.3 Å². The molecule has 6 heteroatoms. The van der Waals surface area contributed by atoms with Crippen LogP contribution in [0.4, 0.5) is 0 Å². The second-order valence-electron chi connectivity index (χ2n) is 7.94. The van der Waals surface area contributed by atoms with Gasteiger partial charge in [0.2, 0.25) is 5.91 Å². The maximum absolute atomic E-state index is 12.6. The minimum atomic E-state index is -0.0133. The van der Waals surface area contributed by atoms with Crippen LogP contribution in [0.5, 0.6) is 5.75 Å². The van der Waals surface area contributed by atoms with Crippen molar-refractivity contribution in [1.29, 1.82) is 0 Å². The molecule has 0 spiro atoms. The summed E-state index contributed by atoms with van der Waals surface area (Å²) in [6, 6.07) is 15.6. The number of carbonyl (C=O) groups is 2. The highest BCUT2D eigenvalue weighted by molar-refractivity contribution is 5.95. The number of piperidine rings is 1. The number of hydrogen-bond donors (Lipinski definition) is 1. The van der Waals surface area contributed by atoms with Crippen molar-refractivity contribution in [2.24, 2.45) is 0 Å². The molecule has 2 aromatic rings. The van der Waals surface area contributed by atoms with Gasteiger partial charge >= 0.3 is 0 Å². The zero-order valence-corrected chi connectivity index (χ0v) is 18.1. The van der Waals surface area contributed by atoms with E-state index < -0.39 is 0 Å². The first-order chi connectivity index (χ1) is 14.5. The molecule has 0 unspecified atom stereocenters. The summed E-state index contributed by atoms with van der Waals surface area (Å²) in [5.41, 5.74) is 2.76. The molecule has 0 bridgehead atoms. The highest BCUT2D eigenvalue weighted by Crippen LogP contribution is 2.15. The number of rotatable bonds is 7. The molecule has 30 heavy (non-hydrogen) atoms.